The lowest BCUT2D eigenvalue weighted by Gasteiger charge is -2.36. The topological polar surface area (TPSA) is 43.9 Å². The Bertz CT molecular complexity index is 634. The molecule has 136 valence electrons. The van der Waals surface area contributed by atoms with Gasteiger partial charge in [0.2, 0.25) is 10.0 Å². The molecule has 24 heavy (non-hydrogen) atoms. The molecule has 0 aromatic heterocycles. The van der Waals surface area contributed by atoms with Gasteiger partial charge in [0.1, 0.15) is 0 Å². The number of hydrogen-bond acceptors (Lipinski definition) is 4. The van der Waals surface area contributed by atoms with E-state index >= 15 is 0 Å². The van der Waals surface area contributed by atoms with Gasteiger partial charge in [0.05, 0.1) is 5.75 Å². The molecule has 1 heterocycles. The average molecular weight is 354 g/mol. The minimum absolute atomic E-state index is 0.255. The van der Waals surface area contributed by atoms with Crippen LogP contribution in [0.5, 0.6) is 0 Å². The highest BCUT2D eigenvalue weighted by molar-refractivity contribution is 7.89. The van der Waals surface area contributed by atoms with E-state index in [4.69, 9.17) is 0 Å². The zero-order valence-corrected chi connectivity index (χ0v) is 16.3. The van der Waals surface area contributed by atoms with Crippen molar-refractivity contribution in [3.63, 3.8) is 0 Å². The average Bonchev–Trinajstić information content (AvgIpc) is 2.56. The van der Waals surface area contributed by atoms with Crippen LogP contribution in [0, 0.1) is 6.92 Å². The molecule has 1 saturated heterocycles. The Morgan fingerprint density at radius 2 is 1.67 bits per heavy atom. The lowest BCUT2D eigenvalue weighted by molar-refractivity contribution is 0.384. The standard InChI is InChI=1S/C18H31N3O2S/c1-5-14-24(22,23)21-12-10-20(11-13-21)18-9-8-17(15-16(18)4)19(6-2)7-3/h8-9,15H,5-7,10-14H2,1-4H3. The third-order valence-corrected chi connectivity index (χ3v) is 6.82. The first kappa shape index (κ1) is 19.1. The maximum atomic E-state index is 12.2. The van der Waals surface area contributed by atoms with Gasteiger partial charge in [0.15, 0.2) is 0 Å². The first-order chi connectivity index (χ1) is 11.4. The van der Waals surface area contributed by atoms with E-state index in [0.29, 0.717) is 19.5 Å². The van der Waals surface area contributed by atoms with Crippen molar-refractivity contribution in [1.29, 1.82) is 0 Å². The van der Waals surface area contributed by atoms with Gasteiger partial charge in [-0.05, 0) is 51.0 Å². The Labute approximate surface area is 147 Å². The van der Waals surface area contributed by atoms with E-state index in [2.05, 4.69) is 48.8 Å². The Morgan fingerprint density at radius 1 is 1.04 bits per heavy atom. The van der Waals surface area contributed by atoms with Crippen LogP contribution in [0.4, 0.5) is 11.4 Å². The lowest BCUT2D eigenvalue weighted by atomic mass is 10.1. The Morgan fingerprint density at radius 3 is 2.17 bits per heavy atom. The molecule has 1 aromatic rings. The molecule has 0 amide bonds. The molecule has 0 N–H and O–H groups in total. The Kier molecular flexibility index (Phi) is 6.52. The van der Waals surface area contributed by atoms with E-state index < -0.39 is 10.0 Å². The van der Waals surface area contributed by atoms with Crippen LogP contribution in [-0.2, 0) is 10.0 Å². The van der Waals surface area contributed by atoms with Gasteiger partial charge < -0.3 is 9.80 Å². The first-order valence-electron chi connectivity index (χ1n) is 9.01. The minimum atomic E-state index is -3.07. The van der Waals surface area contributed by atoms with Crippen molar-refractivity contribution in [2.75, 3.05) is 54.8 Å². The van der Waals surface area contributed by atoms with Crippen LogP contribution in [-0.4, -0.2) is 57.7 Å². The molecule has 0 unspecified atom stereocenters. The highest BCUT2D eigenvalue weighted by Crippen LogP contribution is 2.27. The number of aryl methyl sites for hydroxylation is 1. The number of nitrogens with zero attached hydrogens (tertiary/aromatic N) is 3. The molecule has 0 radical (unpaired) electrons. The van der Waals surface area contributed by atoms with Gasteiger partial charge in [-0.1, -0.05) is 6.92 Å². The summed E-state index contributed by atoms with van der Waals surface area (Å²) in [7, 11) is -3.07. The minimum Gasteiger partial charge on any atom is -0.372 e. The Balaban J connectivity index is 2.07. The molecule has 0 spiro atoms. The van der Waals surface area contributed by atoms with Gasteiger partial charge in [-0.2, -0.15) is 4.31 Å². The molecule has 5 nitrogen and oxygen atoms in total. The monoisotopic (exact) mass is 353 g/mol. The van der Waals surface area contributed by atoms with E-state index in [-0.39, 0.29) is 5.75 Å². The zero-order chi connectivity index (χ0) is 17.7. The van der Waals surface area contributed by atoms with Gasteiger partial charge in [-0.15, -0.1) is 0 Å². The highest BCUT2D eigenvalue weighted by atomic mass is 32.2. The largest absolute Gasteiger partial charge is 0.372 e. The van der Waals surface area contributed by atoms with E-state index in [9.17, 15) is 8.42 Å². The van der Waals surface area contributed by atoms with Gasteiger partial charge in [0, 0.05) is 50.6 Å². The predicted octanol–water partition coefficient (Wildman–Crippen LogP) is 2.70. The lowest BCUT2D eigenvalue weighted by Crippen LogP contribution is -2.49. The summed E-state index contributed by atoms with van der Waals surface area (Å²) >= 11 is 0. The predicted molar refractivity (Wildman–Crippen MR) is 103 cm³/mol. The molecule has 1 aliphatic rings. The summed E-state index contributed by atoms with van der Waals surface area (Å²) in [6.45, 7) is 13.1. The molecule has 0 atom stereocenters. The fourth-order valence-electron chi connectivity index (χ4n) is 3.37. The van der Waals surface area contributed by atoms with E-state index in [1.54, 1.807) is 4.31 Å². The molecule has 0 aliphatic carbocycles. The summed E-state index contributed by atoms with van der Waals surface area (Å²) < 4.78 is 26.0. The number of piperazine rings is 1. The van der Waals surface area contributed by atoms with Gasteiger partial charge in [0.25, 0.3) is 0 Å². The van der Waals surface area contributed by atoms with Crippen LogP contribution < -0.4 is 9.80 Å². The third-order valence-electron chi connectivity index (χ3n) is 4.74. The molecule has 1 aliphatic heterocycles. The fourth-order valence-corrected chi connectivity index (χ4v) is 4.87. The maximum Gasteiger partial charge on any atom is 0.214 e. The van der Waals surface area contributed by atoms with Gasteiger partial charge >= 0.3 is 0 Å². The second-order valence-corrected chi connectivity index (χ2v) is 8.43. The fraction of sp³-hybridized carbons (Fsp3) is 0.667. The van der Waals surface area contributed by atoms with Crippen molar-refractivity contribution in [2.45, 2.75) is 34.1 Å². The van der Waals surface area contributed by atoms with E-state index in [0.717, 1.165) is 26.2 Å². The van der Waals surface area contributed by atoms with Crippen LogP contribution in [0.25, 0.3) is 0 Å². The summed E-state index contributed by atoms with van der Waals surface area (Å²) in [4.78, 5) is 4.64. The first-order valence-corrected chi connectivity index (χ1v) is 10.6. The molecule has 1 aromatic carbocycles. The van der Waals surface area contributed by atoms with Crippen molar-refractivity contribution in [3.05, 3.63) is 23.8 Å². The molecule has 0 saturated carbocycles. The summed E-state index contributed by atoms with van der Waals surface area (Å²) in [6, 6.07) is 6.59. The normalized spacial score (nSPS) is 16.4. The van der Waals surface area contributed by atoms with Crippen molar-refractivity contribution >= 4 is 21.4 Å². The van der Waals surface area contributed by atoms with Crippen LogP contribution in [0.1, 0.15) is 32.8 Å². The number of benzene rings is 1. The van der Waals surface area contributed by atoms with Crippen molar-refractivity contribution in [1.82, 2.24) is 4.31 Å². The SMILES string of the molecule is CCCS(=O)(=O)N1CCN(c2ccc(N(CC)CC)cc2C)CC1. The second-order valence-electron chi connectivity index (χ2n) is 6.35. The molecule has 6 heteroatoms. The van der Waals surface area contributed by atoms with Crippen LogP contribution in [0.2, 0.25) is 0 Å². The number of hydrogen-bond donors (Lipinski definition) is 0. The second kappa shape index (κ2) is 8.21. The van der Waals surface area contributed by atoms with Crippen LogP contribution in [0.3, 0.4) is 0 Å². The summed E-state index contributed by atoms with van der Waals surface area (Å²) in [5.41, 5.74) is 3.73. The highest BCUT2D eigenvalue weighted by Gasteiger charge is 2.26. The molecule has 2 rings (SSSR count). The van der Waals surface area contributed by atoms with Crippen molar-refractivity contribution < 1.29 is 8.42 Å². The molecule has 0 bridgehead atoms. The molecular formula is C18H31N3O2S. The molecular weight excluding hydrogens is 322 g/mol. The Hall–Kier alpha value is -1.27. The van der Waals surface area contributed by atoms with E-state index in [1.165, 1.54) is 16.9 Å². The molecule has 1 fully saturated rings. The quantitative estimate of drug-likeness (QED) is 0.756. The third kappa shape index (κ3) is 4.22. The van der Waals surface area contributed by atoms with Crippen LogP contribution in [0.15, 0.2) is 18.2 Å². The van der Waals surface area contributed by atoms with Crippen LogP contribution >= 0.6 is 0 Å². The summed E-state index contributed by atoms with van der Waals surface area (Å²) in [5, 5.41) is 0. The number of sulfonamides is 1. The smallest absolute Gasteiger partial charge is 0.214 e. The van der Waals surface area contributed by atoms with Crippen molar-refractivity contribution in [2.24, 2.45) is 0 Å². The summed E-state index contributed by atoms with van der Waals surface area (Å²) in [5.74, 6) is 0.255. The number of rotatable bonds is 7. The zero-order valence-electron chi connectivity index (χ0n) is 15.5. The maximum absolute atomic E-state index is 12.2. The van der Waals surface area contributed by atoms with Gasteiger partial charge in [-0.3, -0.25) is 0 Å². The number of anilines is 2. The summed E-state index contributed by atoms with van der Waals surface area (Å²) in [6.07, 6.45) is 0.675. The van der Waals surface area contributed by atoms with Crippen molar-refractivity contribution in [3.8, 4) is 0 Å². The van der Waals surface area contributed by atoms with E-state index in [1.807, 2.05) is 6.92 Å². The van der Waals surface area contributed by atoms with Gasteiger partial charge in [-0.25, -0.2) is 8.42 Å².